The molecular weight excluding hydrogens is 230 g/mol. The summed E-state index contributed by atoms with van der Waals surface area (Å²) in [5.41, 5.74) is 5.20. The maximum Gasteiger partial charge on any atom is 0.240 e. The molecule has 17 heavy (non-hydrogen) atoms. The smallest absolute Gasteiger partial charge is 0.240 e. The summed E-state index contributed by atoms with van der Waals surface area (Å²) in [5.74, 6) is -1.05. The standard InChI is InChI=1S/C11H18F2N2O2/c1-2-8(11(14)17)15-4-3-7(5-9(12)13)6-10(15)16/h7-9H,2-6H2,1H3,(H2,14,17). The number of hydrogen-bond donors (Lipinski definition) is 1. The van der Waals surface area contributed by atoms with Crippen molar-refractivity contribution in [1.82, 2.24) is 4.90 Å². The van der Waals surface area contributed by atoms with E-state index in [0.717, 1.165) is 0 Å². The van der Waals surface area contributed by atoms with E-state index in [0.29, 0.717) is 19.4 Å². The van der Waals surface area contributed by atoms with Crippen LogP contribution in [0.25, 0.3) is 0 Å². The summed E-state index contributed by atoms with van der Waals surface area (Å²) in [5, 5.41) is 0. The summed E-state index contributed by atoms with van der Waals surface area (Å²) in [6.45, 7) is 2.12. The van der Waals surface area contributed by atoms with E-state index >= 15 is 0 Å². The molecule has 0 aromatic heterocycles. The summed E-state index contributed by atoms with van der Waals surface area (Å²) in [6, 6.07) is -0.602. The van der Waals surface area contributed by atoms with Gasteiger partial charge in [0.05, 0.1) is 0 Å². The first-order valence-corrected chi connectivity index (χ1v) is 5.82. The van der Waals surface area contributed by atoms with Crippen molar-refractivity contribution in [1.29, 1.82) is 0 Å². The number of halogens is 2. The Balaban J connectivity index is 2.58. The van der Waals surface area contributed by atoms with Crippen LogP contribution in [0.4, 0.5) is 8.78 Å². The van der Waals surface area contributed by atoms with Crippen LogP contribution in [0.5, 0.6) is 0 Å². The Morgan fingerprint density at radius 2 is 2.24 bits per heavy atom. The Hall–Kier alpha value is -1.20. The van der Waals surface area contributed by atoms with Crippen molar-refractivity contribution in [3.8, 4) is 0 Å². The van der Waals surface area contributed by atoms with Gasteiger partial charge in [-0.3, -0.25) is 9.59 Å². The highest BCUT2D eigenvalue weighted by atomic mass is 19.3. The molecule has 6 heteroatoms. The first-order valence-electron chi connectivity index (χ1n) is 5.82. The molecule has 1 heterocycles. The molecule has 2 atom stereocenters. The summed E-state index contributed by atoms with van der Waals surface area (Å²) < 4.78 is 24.4. The molecule has 0 spiro atoms. The minimum Gasteiger partial charge on any atom is -0.368 e. The molecule has 2 unspecified atom stereocenters. The normalized spacial score (nSPS) is 22.9. The molecule has 2 amide bonds. The van der Waals surface area contributed by atoms with Gasteiger partial charge in [-0.25, -0.2) is 8.78 Å². The molecule has 4 nitrogen and oxygen atoms in total. The molecule has 1 rings (SSSR count). The number of carbonyl (C=O) groups is 2. The van der Waals surface area contributed by atoms with Crippen LogP contribution in [0.15, 0.2) is 0 Å². The number of nitrogens with two attached hydrogens (primary N) is 1. The van der Waals surface area contributed by atoms with Crippen molar-refractivity contribution in [3.05, 3.63) is 0 Å². The van der Waals surface area contributed by atoms with Crippen LogP contribution < -0.4 is 5.73 Å². The van der Waals surface area contributed by atoms with Crippen LogP contribution in [0.1, 0.15) is 32.6 Å². The first-order chi connectivity index (χ1) is 7.95. The zero-order chi connectivity index (χ0) is 13.0. The fourth-order valence-corrected chi connectivity index (χ4v) is 2.27. The van der Waals surface area contributed by atoms with Crippen molar-refractivity contribution in [2.24, 2.45) is 11.7 Å². The number of rotatable bonds is 5. The van der Waals surface area contributed by atoms with E-state index in [1.54, 1.807) is 6.92 Å². The van der Waals surface area contributed by atoms with Gasteiger partial charge in [0.1, 0.15) is 6.04 Å². The molecule has 0 bridgehead atoms. The average molecular weight is 248 g/mol. The van der Waals surface area contributed by atoms with Gasteiger partial charge in [-0.05, 0) is 18.8 Å². The number of hydrogen-bond acceptors (Lipinski definition) is 2. The lowest BCUT2D eigenvalue weighted by Crippen LogP contribution is -2.51. The average Bonchev–Trinajstić information content (AvgIpc) is 2.20. The molecule has 1 saturated heterocycles. The number of carbonyl (C=O) groups excluding carboxylic acids is 2. The Bertz CT molecular complexity index is 297. The molecule has 0 aliphatic carbocycles. The van der Waals surface area contributed by atoms with Gasteiger partial charge in [-0.15, -0.1) is 0 Å². The van der Waals surface area contributed by atoms with Crippen LogP contribution in [0.2, 0.25) is 0 Å². The van der Waals surface area contributed by atoms with Gasteiger partial charge in [0.2, 0.25) is 18.2 Å². The molecule has 0 aromatic carbocycles. The second-order valence-electron chi connectivity index (χ2n) is 4.40. The van der Waals surface area contributed by atoms with Gasteiger partial charge in [-0.2, -0.15) is 0 Å². The third-order valence-electron chi connectivity index (χ3n) is 3.16. The number of amides is 2. The quantitative estimate of drug-likeness (QED) is 0.793. The minimum absolute atomic E-state index is 0.0914. The van der Waals surface area contributed by atoms with E-state index in [1.165, 1.54) is 4.90 Å². The number of piperidine rings is 1. The highest BCUT2D eigenvalue weighted by molar-refractivity contribution is 5.87. The van der Waals surface area contributed by atoms with Crippen molar-refractivity contribution in [2.45, 2.75) is 45.1 Å². The largest absolute Gasteiger partial charge is 0.368 e. The van der Waals surface area contributed by atoms with Gasteiger partial charge in [0.25, 0.3) is 0 Å². The zero-order valence-corrected chi connectivity index (χ0v) is 9.86. The molecule has 0 aromatic rings. The summed E-state index contributed by atoms with van der Waals surface area (Å²) in [7, 11) is 0. The molecule has 1 aliphatic rings. The third kappa shape index (κ3) is 3.64. The van der Waals surface area contributed by atoms with E-state index in [1.807, 2.05) is 0 Å². The summed E-state index contributed by atoms with van der Waals surface area (Å²) >= 11 is 0. The van der Waals surface area contributed by atoms with Crippen LogP contribution in [-0.2, 0) is 9.59 Å². The number of primary amides is 1. The molecular formula is C11H18F2N2O2. The highest BCUT2D eigenvalue weighted by Gasteiger charge is 2.33. The molecule has 0 saturated carbocycles. The van der Waals surface area contributed by atoms with Crippen molar-refractivity contribution in [3.63, 3.8) is 0 Å². The van der Waals surface area contributed by atoms with Crippen LogP contribution >= 0.6 is 0 Å². The third-order valence-corrected chi connectivity index (χ3v) is 3.16. The van der Waals surface area contributed by atoms with Gasteiger partial charge < -0.3 is 10.6 Å². The Morgan fingerprint density at radius 1 is 1.59 bits per heavy atom. The molecule has 1 aliphatic heterocycles. The van der Waals surface area contributed by atoms with E-state index in [-0.39, 0.29) is 24.7 Å². The molecule has 0 radical (unpaired) electrons. The van der Waals surface area contributed by atoms with E-state index < -0.39 is 18.4 Å². The number of likely N-dealkylation sites (tertiary alicyclic amines) is 1. The monoisotopic (exact) mass is 248 g/mol. The van der Waals surface area contributed by atoms with Crippen LogP contribution in [-0.4, -0.2) is 35.7 Å². The Kier molecular flexibility index (Phi) is 4.84. The maximum atomic E-state index is 12.2. The van der Waals surface area contributed by atoms with Gasteiger partial charge >= 0.3 is 0 Å². The van der Waals surface area contributed by atoms with Crippen molar-refractivity contribution < 1.29 is 18.4 Å². The predicted molar refractivity (Wildman–Crippen MR) is 58.3 cm³/mol. The van der Waals surface area contributed by atoms with E-state index in [4.69, 9.17) is 5.73 Å². The minimum atomic E-state index is -2.38. The fraction of sp³-hybridized carbons (Fsp3) is 0.818. The van der Waals surface area contributed by atoms with Crippen molar-refractivity contribution in [2.75, 3.05) is 6.54 Å². The lowest BCUT2D eigenvalue weighted by Gasteiger charge is -2.35. The fourth-order valence-electron chi connectivity index (χ4n) is 2.27. The lowest BCUT2D eigenvalue weighted by molar-refractivity contribution is -0.143. The van der Waals surface area contributed by atoms with Crippen LogP contribution in [0, 0.1) is 5.92 Å². The first kappa shape index (κ1) is 13.9. The highest BCUT2D eigenvalue weighted by Crippen LogP contribution is 2.26. The topological polar surface area (TPSA) is 63.4 Å². The molecule has 2 N–H and O–H groups in total. The second kappa shape index (κ2) is 5.93. The number of alkyl halides is 2. The van der Waals surface area contributed by atoms with E-state index in [2.05, 4.69) is 0 Å². The molecule has 1 fully saturated rings. The second-order valence-corrected chi connectivity index (χ2v) is 4.40. The van der Waals surface area contributed by atoms with Gasteiger partial charge in [0, 0.05) is 19.4 Å². The predicted octanol–water partition coefficient (Wildman–Crippen LogP) is 1.14. The van der Waals surface area contributed by atoms with E-state index in [9.17, 15) is 18.4 Å². The zero-order valence-electron chi connectivity index (χ0n) is 9.86. The van der Waals surface area contributed by atoms with Gasteiger partial charge in [0.15, 0.2) is 0 Å². The maximum absolute atomic E-state index is 12.2. The SMILES string of the molecule is CCC(C(N)=O)N1CCC(CC(F)F)CC1=O. The Morgan fingerprint density at radius 3 is 2.65 bits per heavy atom. The van der Waals surface area contributed by atoms with Crippen LogP contribution in [0.3, 0.4) is 0 Å². The van der Waals surface area contributed by atoms with Gasteiger partial charge in [-0.1, -0.05) is 6.92 Å². The van der Waals surface area contributed by atoms with Crippen molar-refractivity contribution >= 4 is 11.8 Å². The molecule has 98 valence electrons. The lowest BCUT2D eigenvalue weighted by atomic mass is 9.92. The number of nitrogens with zero attached hydrogens (tertiary/aromatic N) is 1. The summed E-state index contributed by atoms with van der Waals surface area (Å²) in [6.07, 6.45) is -1.56. The summed E-state index contributed by atoms with van der Waals surface area (Å²) in [4.78, 5) is 24.3. The Labute approximate surface area is 99.1 Å².